The highest BCUT2D eigenvalue weighted by atomic mass is 28.4. The summed E-state index contributed by atoms with van der Waals surface area (Å²) in [5.74, 6) is -1.20. The summed E-state index contributed by atoms with van der Waals surface area (Å²) >= 11 is 0. The normalized spacial score (nSPS) is 13.4. The summed E-state index contributed by atoms with van der Waals surface area (Å²) in [5, 5.41) is 4.73. The Balaban J connectivity index is 1.91. The highest BCUT2D eigenvalue weighted by Gasteiger charge is 2.50. The lowest BCUT2D eigenvalue weighted by Gasteiger charge is -2.43. The van der Waals surface area contributed by atoms with Crippen molar-refractivity contribution in [3.63, 3.8) is 0 Å². The van der Waals surface area contributed by atoms with Crippen LogP contribution in [0.1, 0.15) is 67.4 Å². The van der Waals surface area contributed by atoms with Gasteiger partial charge in [0.2, 0.25) is 5.91 Å². The van der Waals surface area contributed by atoms with Gasteiger partial charge in [-0.15, -0.1) is 0 Å². The van der Waals surface area contributed by atoms with E-state index in [1.165, 1.54) is 4.90 Å². The van der Waals surface area contributed by atoms with Crippen molar-refractivity contribution in [2.24, 2.45) is 5.92 Å². The number of nitrogens with one attached hydrogen (secondary N) is 1. The van der Waals surface area contributed by atoms with Crippen LogP contribution in [0.25, 0.3) is 0 Å². The zero-order chi connectivity index (χ0) is 34.8. The van der Waals surface area contributed by atoms with Crippen molar-refractivity contribution in [3.8, 4) is 0 Å². The van der Waals surface area contributed by atoms with Crippen molar-refractivity contribution < 1.29 is 28.3 Å². The van der Waals surface area contributed by atoms with Gasteiger partial charge in [0.05, 0.1) is 0 Å². The van der Waals surface area contributed by atoms with Crippen LogP contribution in [-0.2, 0) is 30.1 Å². The molecule has 254 valence electrons. The van der Waals surface area contributed by atoms with Gasteiger partial charge >= 0.3 is 12.1 Å². The number of ether oxygens (including phenoxy) is 2. The average Bonchev–Trinajstić information content (AvgIpc) is 3.01. The summed E-state index contributed by atoms with van der Waals surface area (Å²) in [6.07, 6.45) is -0.556. The Morgan fingerprint density at radius 3 is 1.72 bits per heavy atom. The van der Waals surface area contributed by atoms with E-state index in [4.69, 9.17) is 13.9 Å². The van der Waals surface area contributed by atoms with E-state index in [0.717, 1.165) is 15.9 Å². The monoisotopic (exact) mass is 660 g/mol. The zero-order valence-electron chi connectivity index (χ0n) is 29.4. The van der Waals surface area contributed by atoms with Crippen molar-refractivity contribution in [3.05, 3.63) is 96.6 Å². The smallest absolute Gasteiger partial charge is 0.408 e. The Morgan fingerprint density at radius 2 is 1.28 bits per heavy atom. The maximum atomic E-state index is 14.2. The molecule has 0 heterocycles. The Hall–Kier alpha value is -3.95. The molecule has 2 amide bonds. The molecule has 0 radical (unpaired) electrons. The molecule has 0 aliphatic carbocycles. The lowest BCUT2D eigenvalue weighted by atomic mass is 10.0. The third-order valence-electron chi connectivity index (χ3n) is 7.99. The molecular formula is C38H52N2O6Si. The minimum atomic E-state index is -2.90. The first-order chi connectivity index (χ1) is 22.1. The van der Waals surface area contributed by atoms with Crippen LogP contribution in [0.5, 0.6) is 0 Å². The van der Waals surface area contributed by atoms with Gasteiger partial charge < -0.3 is 24.1 Å². The van der Waals surface area contributed by atoms with Crippen molar-refractivity contribution in [2.45, 2.75) is 91.1 Å². The van der Waals surface area contributed by atoms with E-state index < -0.39 is 44.0 Å². The molecule has 3 rings (SSSR count). The van der Waals surface area contributed by atoms with E-state index in [9.17, 15) is 14.4 Å². The zero-order valence-corrected chi connectivity index (χ0v) is 30.4. The number of nitrogens with zero attached hydrogens (tertiary/aromatic N) is 1. The minimum Gasteiger partial charge on any atom is -0.459 e. The van der Waals surface area contributed by atoms with Gasteiger partial charge in [0, 0.05) is 13.7 Å². The van der Waals surface area contributed by atoms with E-state index in [1.54, 1.807) is 27.8 Å². The lowest BCUT2D eigenvalue weighted by Crippen LogP contribution is -2.66. The number of benzene rings is 3. The molecule has 2 atom stereocenters. The number of carbonyl (C=O) groups is 3. The summed E-state index contributed by atoms with van der Waals surface area (Å²) in [5.41, 5.74) is 0.0822. The summed E-state index contributed by atoms with van der Waals surface area (Å²) in [6.45, 7) is 15.8. The van der Waals surface area contributed by atoms with Gasteiger partial charge in [0.25, 0.3) is 8.32 Å². The van der Waals surface area contributed by atoms with Crippen LogP contribution in [-0.4, -0.2) is 62.5 Å². The minimum absolute atomic E-state index is 0.0941. The van der Waals surface area contributed by atoms with Crippen LogP contribution in [0.15, 0.2) is 91.0 Å². The molecule has 0 spiro atoms. The highest BCUT2D eigenvalue weighted by Crippen LogP contribution is 2.37. The fourth-order valence-electron chi connectivity index (χ4n) is 5.87. The third-order valence-corrected chi connectivity index (χ3v) is 13.0. The predicted molar refractivity (Wildman–Crippen MR) is 189 cm³/mol. The largest absolute Gasteiger partial charge is 0.459 e. The first kappa shape index (κ1) is 37.5. The summed E-state index contributed by atoms with van der Waals surface area (Å²) < 4.78 is 18.2. The van der Waals surface area contributed by atoms with Crippen molar-refractivity contribution in [1.29, 1.82) is 0 Å². The molecule has 0 bridgehead atoms. The molecule has 0 saturated carbocycles. The molecule has 47 heavy (non-hydrogen) atoms. The van der Waals surface area contributed by atoms with Gasteiger partial charge in [0.15, 0.2) is 0 Å². The quantitative estimate of drug-likeness (QED) is 0.177. The highest BCUT2D eigenvalue weighted by molar-refractivity contribution is 6.99. The van der Waals surface area contributed by atoms with E-state index in [0.29, 0.717) is 0 Å². The molecule has 0 aliphatic heterocycles. The molecule has 0 aromatic heterocycles. The Bertz CT molecular complexity index is 1400. The molecule has 3 aromatic carbocycles. The van der Waals surface area contributed by atoms with Gasteiger partial charge in [0.1, 0.15) is 24.3 Å². The van der Waals surface area contributed by atoms with Gasteiger partial charge in [-0.25, -0.2) is 9.59 Å². The SMILES string of the molecule is CC(C)[C@@H](C(=O)OCc1ccccc1)N(C)C(=O)[C@H](CCO[Si](c1ccccc1)(c1ccccc1)C(C)(C)C)NC(=O)OC(C)(C)C. The second kappa shape index (κ2) is 16.2. The van der Waals surface area contributed by atoms with E-state index >= 15 is 0 Å². The molecule has 3 aromatic rings. The summed E-state index contributed by atoms with van der Waals surface area (Å²) in [6, 6.07) is 28.0. The number of hydrogen-bond donors (Lipinski definition) is 1. The van der Waals surface area contributed by atoms with Crippen LogP contribution in [0.3, 0.4) is 0 Å². The molecule has 0 fully saturated rings. The van der Waals surface area contributed by atoms with E-state index in [-0.39, 0.29) is 30.6 Å². The Kier molecular flexibility index (Phi) is 13.0. The standard InChI is InChI=1S/C38H52N2O6Si/c1-28(2)33(35(42)44-27-29-19-13-10-14-20-29)40(9)34(41)32(39-36(43)46-37(3,4)5)25-26-45-47(38(6,7)8,30-21-15-11-16-22-30)31-23-17-12-18-24-31/h10-24,28,32-33H,25-27H2,1-9H3,(H,39,43)/t32-,33-/m0/s1. The lowest BCUT2D eigenvalue weighted by molar-refractivity contribution is -0.158. The van der Waals surface area contributed by atoms with Crippen LogP contribution in [0.4, 0.5) is 4.79 Å². The number of hydrogen-bond acceptors (Lipinski definition) is 6. The van der Waals surface area contributed by atoms with Gasteiger partial charge in [-0.2, -0.15) is 0 Å². The maximum Gasteiger partial charge on any atom is 0.408 e. The van der Waals surface area contributed by atoms with Gasteiger partial charge in [-0.1, -0.05) is 126 Å². The number of likely N-dealkylation sites (N-methyl/N-ethyl adjacent to an activating group) is 1. The number of esters is 1. The molecule has 9 heteroatoms. The summed E-state index contributed by atoms with van der Waals surface area (Å²) in [7, 11) is -1.33. The first-order valence-corrected chi connectivity index (χ1v) is 18.2. The van der Waals surface area contributed by atoms with Crippen LogP contribution < -0.4 is 15.7 Å². The van der Waals surface area contributed by atoms with Gasteiger partial charge in [-0.3, -0.25) is 4.79 Å². The van der Waals surface area contributed by atoms with Gasteiger partial charge in [-0.05, 0) is 54.1 Å². The van der Waals surface area contributed by atoms with Crippen LogP contribution in [0.2, 0.25) is 5.04 Å². The number of amides is 2. The topological polar surface area (TPSA) is 94.2 Å². The van der Waals surface area contributed by atoms with Crippen LogP contribution >= 0.6 is 0 Å². The molecule has 0 unspecified atom stereocenters. The van der Waals surface area contributed by atoms with E-state index in [1.807, 2.05) is 80.6 Å². The predicted octanol–water partition coefficient (Wildman–Crippen LogP) is 6.07. The number of rotatable bonds is 13. The van der Waals surface area contributed by atoms with Crippen molar-refractivity contribution in [1.82, 2.24) is 10.2 Å². The van der Waals surface area contributed by atoms with Crippen LogP contribution in [0, 0.1) is 5.92 Å². The number of alkyl carbamates (subject to hydrolysis) is 1. The molecule has 1 N–H and O–H groups in total. The average molecular weight is 661 g/mol. The Labute approximate surface area is 281 Å². The van der Waals surface area contributed by atoms with Crippen molar-refractivity contribution >= 4 is 36.7 Å². The fraction of sp³-hybridized carbons (Fsp3) is 0.447. The maximum absolute atomic E-state index is 14.2. The second-order valence-corrected chi connectivity index (χ2v) is 18.5. The Morgan fingerprint density at radius 1 is 0.787 bits per heavy atom. The summed E-state index contributed by atoms with van der Waals surface area (Å²) in [4.78, 5) is 41.9. The first-order valence-electron chi connectivity index (χ1n) is 16.3. The molecule has 8 nitrogen and oxygen atoms in total. The molecule has 0 aliphatic rings. The molecule has 0 saturated heterocycles. The molecular weight excluding hydrogens is 609 g/mol. The van der Waals surface area contributed by atoms with Crippen molar-refractivity contribution in [2.75, 3.05) is 13.7 Å². The second-order valence-electron chi connectivity index (χ2n) is 14.2. The van der Waals surface area contributed by atoms with E-state index in [2.05, 4.69) is 50.4 Å². The number of carbonyl (C=O) groups excluding carboxylic acids is 3. The fourth-order valence-corrected chi connectivity index (χ4v) is 10.5. The third kappa shape index (κ3) is 10.0.